The molecular weight excluding hydrogens is 310 g/mol. The van der Waals surface area contributed by atoms with Crippen LogP contribution in [-0.4, -0.2) is 29.9 Å². The predicted molar refractivity (Wildman–Crippen MR) is 96.5 cm³/mol. The molecule has 0 bridgehead atoms. The second kappa shape index (κ2) is 7.99. The first-order chi connectivity index (χ1) is 10.7. The van der Waals surface area contributed by atoms with Crippen LogP contribution < -0.4 is 11.1 Å². The number of hydrogen-bond donors (Lipinski definition) is 2. The van der Waals surface area contributed by atoms with Crippen molar-refractivity contribution in [3.05, 3.63) is 60.2 Å². The van der Waals surface area contributed by atoms with E-state index in [4.69, 9.17) is 5.73 Å². The molecule has 23 heavy (non-hydrogen) atoms. The minimum atomic E-state index is 0. The summed E-state index contributed by atoms with van der Waals surface area (Å²) in [7, 11) is 0. The second-order valence-corrected chi connectivity index (χ2v) is 5.67. The Morgan fingerprint density at radius 2 is 1.61 bits per heavy atom. The van der Waals surface area contributed by atoms with Crippen LogP contribution in [0.1, 0.15) is 23.2 Å². The number of nitrogens with one attached hydrogen (secondary N) is 1. The van der Waals surface area contributed by atoms with Gasteiger partial charge >= 0.3 is 0 Å². The number of carbonyl (C=O) groups excluding carboxylic acids is 1. The largest absolute Gasteiger partial charge is 0.355 e. The summed E-state index contributed by atoms with van der Waals surface area (Å²) in [6.07, 6.45) is 1.75. The number of carbonyl (C=O) groups is 1. The summed E-state index contributed by atoms with van der Waals surface area (Å²) in [5, 5.41) is 3.33. The maximum atomic E-state index is 12.8. The van der Waals surface area contributed by atoms with Crippen molar-refractivity contribution in [3.8, 4) is 0 Å². The molecule has 1 amide bonds. The van der Waals surface area contributed by atoms with Crippen LogP contribution in [0.15, 0.2) is 54.6 Å². The van der Waals surface area contributed by atoms with Gasteiger partial charge in [-0.25, -0.2) is 0 Å². The van der Waals surface area contributed by atoms with Crippen LogP contribution in [0.3, 0.4) is 0 Å². The number of hydrogen-bond acceptors (Lipinski definition) is 3. The van der Waals surface area contributed by atoms with E-state index >= 15 is 0 Å². The van der Waals surface area contributed by atoms with E-state index in [0.717, 1.165) is 37.3 Å². The molecule has 3 rings (SSSR count). The molecule has 1 fully saturated rings. The lowest BCUT2D eigenvalue weighted by atomic mass is 10.0. The number of nitrogens with zero attached hydrogens (tertiary/aromatic N) is 1. The molecule has 1 aliphatic rings. The van der Waals surface area contributed by atoms with Crippen molar-refractivity contribution in [1.82, 2.24) is 4.90 Å². The lowest BCUT2D eigenvalue weighted by Crippen LogP contribution is -2.43. The number of nitrogens with two attached hydrogens (primary N) is 1. The number of benzene rings is 2. The number of anilines is 2. The quantitative estimate of drug-likeness (QED) is 0.906. The van der Waals surface area contributed by atoms with Gasteiger partial charge in [0.1, 0.15) is 0 Å². The fourth-order valence-corrected chi connectivity index (χ4v) is 2.73. The van der Waals surface area contributed by atoms with Gasteiger partial charge in [-0.2, -0.15) is 0 Å². The van der Waals surface area contributed by atoms with Gasteiger partial charge < -0.3 is 16.0 Å². The summed E-state index contributed by atoms with van der Waals surface area (Å²) in [6, 6.07) is 17.8. The second-order valence-electron chi connectivity index (χ2n) is 5.67. The van der Waals surface area contributed by atoms with Gasteiger partial charge in [0.25, 0.3) is 5.91 Å². The van der Waals surface area contributed by atoms with Gasteiger partial charge in [0.05, 0.1) is 11.3 Å². The molecule has 4 nitrogen and oxygen atoms in total. The van der Waals surface area contributed by atoms with Crippen molar-refractivity contribution < 1.29 is 4.79 Å². The van der Waals surface area contributed by atoms with E-state index in [1.54, 1.807) is 0 Å². The van der Waals surface area contributed by atoms with Crippen LogP contribution >= 0.6 is 12.4 Å². The molecule has 2 aromatic carbocycles. The molecule has 0 unspecified atom stereocenters. The number of piperidine rings is 1. The number of amides is 1. The molecule has 1 aliphatic heterocycles. The fraction of sp³-hybridized carbons (Fsp3) is 0.278. The number of likely N-dealkylation sites (tertiary alicyclic amines) is 1. The molecule has 0 aromatic heterocycles. The minimum absolute atomic E-state index is 0. The van der Waals surface area contributed by atoms with Crippen LogP contribution in [0, 0.1) is 0 Å². The van der Waals surface area contributed by atoms with Gasteiger partial charge in [0, 0.05) is 24.8 Å². The Bertz CT molecular complexity index is 640. The van der Waals surface area contributed by atoms with Gasteiger partial charge in [-0.3, -0.25) is 4.79 Å². The maximum absolute atomic E-state index is 12.8. The Morgan fingerprint density at radius 1 is 1.00 bits per heavy atom. The van der Waals surface area contributed by atoms with Crippen molar-refractivity contribution in [3.63, 3.8) is 0 Å². The number of para-hydroxylation sites is 2. The SMILES string of the molecule is Cl.NC1CCN(C(=O)c2ccccc2Nc2ccccc2)CC1. The Hall–Kier alpha value is -2.04. The van der Waals surface area contributed by atoms with Gasteiger partial charge in [-0.1, -0.05) is 30.3 Å². The standard InChI is InChI=1S/C18H21N3O.ClH/c19-14-10-12-21(13-11-14)18(22)16-8-4-5-9-17(16)20-15-6-2-1-3-7-15;/h1-9,14,20H,10-13,19H2;1H. The summed E-state index contributed by atoms with van der Waals surface area (Å²) in [5.41, 5.74) is 8.44. The molecular formula is C18H22ClN3O. The topological polar surface area (TPSA) is 58.4 Å². The summed E-state index contributed by atoms with van der Waals surface area (Å²) in [5.74, 6) is 0.0749. The van der Waals surface area contributed by atoms with Gasteiger partial charge in [0.15, 0.2) is 0 Å². The molecule has 0 saturated carbocycles. The Labute approximate surface area is 143 Å². The first-order valence-electron chi connectivity index (χ1n) is 7.70. The average Bonchev–Trinajstić information content (AvgIpc) is 2.56. The average molecular weight is 332 g/mol. The molecule has 2 aromatic rings. The first-order valence-corrected chi connectivity index (χ1v) is 7.70. The third kappa shape index (κ3) is 4.24. The van der Waals surface area contributed by atoms with E-state index in [2.05, 4.69) is 5.32 Å². The maximum Gasteiger partial charge on any atom is 0.255 e. The van der Waals surface area contributed by atoms with Crippen LogP contribution in [0.5, 0.6) is 0 Å². The molecule has 0 atom stereocenters. The monoisotopic (exact) mass is 331 g/mol. The highest BCUT2D eigenvalue weighted by Gasteiger charge is 2.23. The van der Waals surface area contributed by atoms with Crippen molar-refractivity contribution in [1.29, 1.82) is 0 Å². The molecule has 3 N–H and O–H groups in total. The number of halogens is 1. The van der Waals surface area contributed by atoms with Crippen LogP contribution in [0.25, 0.3) is 0 Å². The van der Waals surface area contributed by atoms with Gasteiger partial charge in [-0.15, -0.1) is 12.4 Å². The zero-order chi connectivity index (χ0) is 15.4. The molecule has 5 heteroatoms. The van der Waals surface area contributed by atoms with E-state index < -0.39 is 0 Å². The summed E-state index contributed by atoms with van der Waals surface area (Å²) >= 11 is 0. The van der Waals surface area contributed by atoms with Gasteiger partial charge in [0.2, 0.25) is 0 Å². The summed E-state index contributed by atoms with van der Waals surface area (Å²) < 4.78 is 0. The highest BCUT2D eigenvalue weighted by molar-refractivity contribution is 6.00. The smallest absolute Gasteiger partial charge is 0.255 e. The van der Waals surface area contributed by atoms with Crippen molar-refractivity contribution >= 4 is 29.7 Å². The lowest BCUT2D eigenvalue weighted by Gasteiger charge is -2.30. The molecule has 1 saturated heterocycles. The van der Waals surface area contributed by atoms with E-state index in [1.807, 2.05) is 59.5 Å². The molecule has 1 heterocycles. The number of rotatable bonds is 3. The molecule has 122 valence electrons. The Morgan fingerprint density at radius 3 is 2.30 bits per heavy atom. The third-order valence-corrected chi connectivity index (χ3v) is 4.04. The summed E-state index contributed by atoms with van der Waals surface area (Å²) in [4.78, 5) is 14.7. The Balaban J connectivity index is 0.00000192. The lowest BCUT2D eigenvalue weighted by molar-refractivity contribution is 0.0716. The van der Waals surface area contributed by atoms with E-state index in [0.29, 0.717) is 5.56 Å². The highest BCUT2D eigenvalue weighted by Crippen LogP contribution is 2.23. The Kier molecular flexibility index (Phi) is 6.02. The van der Waals surface area contributed by atoms with E-state index in [9.17, 15) is 4.79 Å². The van der Waals surface area contributed by atoms with Crippen LogP contribution in [0.2, 0.25) is 0 Å². The minimum Gasteiger partial charge on any atom is -0.355 e. The van der Waals surface area contributed by atoms with Crippen molar-refractivity contribution in [2.45, 2.75) is 18.9 Å². The van der Waals surface area contributed by atoms with Crippen molar-refractivity contribution in [2.75, 3.05) is 18.4 Å². The molecule has 0 aliphatic carbocycles. The van der Waals surface area contributed by atoms with Gasteiger partial charge in [-0.05, 0) is 37.1 Å². The highest BCUT2D eigenvalue weighted by atomic mass is 35.5. The van der Waals surface area contributed by atoms with E-state index in [1.165, 1.54) is 0 Å². The normalized spacial score (nSPS) is 14.9. The molecule has 0 spiro atoms. The summed E-state index contributed by atoms with van der Waals surface area (Å²) in [6.45, 7) is 1.47. The third-order valence-electron chi connectivity index (χ3n) is 4.04. The van der Waals surface area contributed by atoms with Crippen molar-refractivity contribution in [2.24, 2.45) is 5.73 Å². The van der Waals surface area contributed by atoms with Crippen LogP contribution in [0.4, 0.5) is 11.4 Å². The van der Waals surface area contributed by atoms with Crippen LogP contribution in [-0.2, 0) is 0 Å². The zero-order valence-electron chi connectivity index (χ0n) is 12.9. The predicted octanol–water partition coefficient (Wildman–Crippen LogP) is 3.42. The molecule has 0 radical (unpaired) electrons. The fourth-order valence-electron chi connectivity index (χ4n) is 2.73. The zero-order valence-corrected chi connectivity index (χ0v) is 13.8. The first kappa shape index (κ1) is 17.3. The van der Waals surface area contributed by atoms with E-state index in [-0.39, 0.29) is 24.4 Å².